The fourth-order valence-corrected chi connectivity index (χ4v) is 5.15. The summed E-state index contributed by atoms with van der Waals surface area (Å²) in [7, 11) is 0. The van der Waals surface area contributed by atoms with Gasteiger partial charge in [-0.15, -0.1) is 0 Å². The first-order valence-corrected chi connectivity index (χ1v) is 11.2. The van der Waals surface area contributed by atoms with E-state index in [1.165, 1.54) is 11.3 Å². The largest absolute Gasteiger partial charge is 0.368 e. The van der Waals surface area contributed by atoms with Crippen LogP contribution in [0.2, 0.25) is 5.02 Å². The number of benzene rings is 1. The maximum absolute atomic E-state index is 13.3. The van der Waals surface area contributed by atoms with E-state index in [2.05, 4.69) is 9.88 Å². The number of amides is 2. The first kappa shape index (κ1) is 20.2. The first-order chi connectivity index (χ1) is 13.9. The normalized spacial score (nSPS) is 17.5. The summed E-state index contributed by atoms with van der Waals surface area (Å²) in [5, 5.41) is 1.39. The van der Waals surface area contributed by atoms with Gasteiger partial charge in [-0.3, -0.25) is 14.5 Å². The van der Waals surface area contributed by atoms with Gasteiger partial charge >= 0.3 is 0 Å². The average molecular weight is 433 g/mol. The van der Waals surface area contributed by atoms with Crippen molar-refractivity contribution in [2.24, 2.45) is 0 Å². The third-order valence-electron chi connectivity index (χ3n) is 5.45. The topological polar surface area (TPSA) is 56.8 Å². The summed E-state index contributed by atoms with van der Waals surface area (Å²) >= 11 is 7.34. The van der Waals surface area contributed by atoms with Crippen molar-refractivity contribution in [3.8, 4) is 0 Å². The van der Waals surface area contributed by atoms with Crippen molar-refractivity contribution >= 4 is 45.6 Å². The van der Waals surface area contributed by atoms with Crippen LogP contribution in [0.3, 0.4) is 0 Å². The minimum Gasteiger partial charge on any atom is -0.368 e. The molecule has 4 rings (SSSR count). The smallest absolute Gasteiger partial charge is 0.266 e. The molecular weight excluding hydrogens is 408 g/mol. The lowest BCUT2D eigenvalue weighted by atomic mass is 10.1. The third-order valence-corrected chi connectivity index (χ3v) is 6.78. The van der Waals surface area contributed by atoms with E-state index in [0.717, 1.165) is 35.9 Å². The number of rotatable bonds is 4. The fourth-order valence-electron chi connectivity index (χ4n) is 3.79. The zero-order chi connectivity index (χ0) is 20.5. The van der Waals surface area contributed by atoms with Gasteiger partial charge in [-0.05, 0) is 36.6 Å². The van der Waals surface area contributed by atoms with Gasteiger partial charge in [-0.25, -0.2) is 4.98 Å². The van der Waals surface area contributed by atoms with E-state index in [9.17, 15) is 9.59 Å². The second-order valence-corrected chi connectivity index (χ2v) is 9.18. The Morgan fingerprint density at radius 2 is 1.79 bits per heavy atom. The monoisotopic (exact) mass is 432 g/mol. The van der Waals surface area contributed by atoms with E-state index in [4.69, 9.17) is 11.6 Å². The second-order valence-electron chi connectivity index (χ2n) is 7.77. The van der Waals surface area contributed by atoms with Crippen molar-refractivity contribution in [1.29, 1.82) is 0 Å². The van der Waals surface area contributed by atoms with E-state index in [0.29, 0.717) is 36.1 Å². The lowest BCUT2D eigenvalue weighted by Crippen LogP contribution is -2.48. The summed E-state index contributed by atoms with van der Waals surface area (Å²) in [5.74, 6) is 0.261. The predicted molar refractivity (Wildman–Crippen MR) is 117 cm³/mol. The number of carbonyl (C=O) groups excluding carboxylic acids is 2. The maximum Gasteiger partial charge on any atom is 0.266 e. The standard InChI is InChI=1S/C21H25ClN4O2S/c1-14(2)18-19(29-21(23-18)26-9-3-4-17(26)27)20(28)25-12-10-24(11-13-25)16-7-5-15(22)6-8-16/h5-8,14H,3-4,9-13H2,1-2H3. The third kappa shape index (κ3) is 4.12. The molecule has 2 saturated heterocycles. The molecule has 2 amide bonds. The van der Waals surface area contributed by atoms with Crippen molar-refractivity contribution in [2.75, 3.05) is 42.5 Å². The lowest BCUT2D eigenvalue weighted by Gasteiger charge is -2.36. The first-order valence-electron chi connectivity index (χ1n) is 10.0. The van der Waals surface area contributed by atoms with Crippen molar-refractivity contribution < 1.29 is 9.59 Å². The highest BCUT2D eigenvalue weighted by atomic mass is 35.5. The highest BCUT2D eigenvalue weighted by molar-refractivity contribution is 7.17. The van der Waals surface area contributed by atoms with Gasteiger partial charge < -0.3 is 9.80 Å². The highest BCUT2D eigenvalue weighted by Crippen LogP contribution is 2.34. The number of carbonyl (C=O) groups is 2. The molecule has 8 heteroatoms. The van der Waals surface area contributed by atoms with Gasteiger partial charge in [0.15, 0.2) is 5.13 Å². The number of nitrogens with zero attached hydrogens (tertiary/aromatic N) is 4. The van der Waals surface area contributed by atoms with Gasteiger partial charge in [-0.1, -0.05) is 36.8 Å². The Labute approximate surface area is 180 Å². The van der Waals surface area contributed by atoms with Gasteiger partial charge in [0.2, 0.25) is 5.91 Å². The average Bonchev–Trinajstić information content (AvgIpc) is 3.34. The van der Waals surface area contributed by atoms with Crippen LogP contribution in [0.5, 0.6) is 0 Å². The van der Waals surface area contributed by atoms with Crippen LogP contribution in [0.4, 0.5) is 10.8 Å². The molecule has 2 fully saturated rings. The van der Waals surface area contributed by atoms with Crippen LogP contribution >= 0.6 is 22.9 Å². The summed E-state index contributed by atoms with van der Waals surface area (Å²) in [6.45, 7) is 7.65. The van der Waals surface area contributed by atoms with Crippen LogP contribution in [-0.4, -0.2) is 54.4 Å². The number of halogens is 1. The molecule has 154 valence electrons. The van der Waals surface area contributed by atoms with Crippen molar-refractivity contribution in [3.63, 3.8) is 0 Å². The minimum atomic E-state index is 0.0276. The number of thiazole rings is 1. The van der Waals surface area contributed by atoms with Gasteiger partial charge in [0, 0.05) is 49.9 Å². The Morgan fingerprint density at radius 1 is 1.10 bits per heavy atom. The van der Waals surface area contributed by atoms with Crippen molar-refractivity contribution in [3.05, 3.63) is 39.9 Å². The number of piperazine rings is 1. The molecule has 0 saturated carbocycles. The summed E-state index contributed by atoms with van der Waals surface area (Å²) in [6, 6.07) is 7.81. The number of hydrogen-bond acceptors (Lipinski definition) is 5. The number of aromatic nitrogens is 1. The molecule has 0 bridgehead atoms. The lowest BCUT2D eigenvalue weighted by molar-refractivity contribution is -0.117. The molecule has 1 aromatic carbocycles. The molecule has 0 radical (unpaired) electrons. The summed E-state index contributed by atoms with van der Waals surface area (Å²) in [6.07, 6.45) is 1.41. The molecule has 6 nitrogen and oxygen atoms in total. The Bertz CT molecular complexity index is 904. The van der Waals surface area contributed by atoms with E-state index < -0.39 is 0 Å². The molecule has 2 aliphatic rings. The van der Waals surface area contributed by atoms with E-state index in [1.807, 2.05) is 43.0 Å². The quantitative estimate of drug-likeness (QED) is 0.732. The van der Waals surface area contributed by atoms with Crippen molar-refractivity contribution in [1.82, 2.24) is 9.88 Å². The predicted octanol–water partition coefficient (Wildman–Crippen LogP) is 4.01. The Balaban J connectivity index is 1.49. The second kappa shape index (κ2) is 8.32. The van der Waals surface area contributed by atoms with Gasteiger partial charge in [0.25, 0.3) is 5.91 Å². The molecule has 2 aromatic rings. The zero-order valence-electron chi connectivity index (χ0n) is 16.7. The molecule has 2 aliphatic heterocycles. The van der Waals surface area contributed by atoms with Crippen LogP contribution in [0.15, 0.2) is 24.3 Å². The maximum atomic E-state index is 13.3. The Hall–Kier alpha value is -2.12. The SMILES string of the molecule is CC(C)c1nc(N2CCCC2=O)sc1C(=O)N1CCN(c2ccc(Cl)cc2)CC1. The van der Waals surface area contributed by atoms with Gasteiger partial charge in [0.05, 0.1) is 5.69 Å². The molecule has 0 atom stereocenters. The van der Waals surface area contributed by atoms with E-state index in [-0.39, 0.29) is 17.7 Å². The Morgan fingerprint density at radius 3 is 2.38 bits per heavy atom. The fraction of sp³-hybridized carbons (Fsp3) is 0.476. The molecule has 0 N–H and O–H groups in total. The van der Waals surface area contributed by atoms with Crippen LogP contribution in [0.1, 0.15) is 48.0 Å². The number of hydrogen-bond donors (Lipinski definition) is 0. The van der Waals surface area contributed by atoms with E-state index in [1.54, 1.807) is 4.90 Å². The summed E-state index contributed by atoms with van der Waals surface area (Å²) in [5.41, 5.74) is 1.92. The van der Waals surface area contributed by atoms with Gasteiger partial charge in [-0.2, -0.15) is 0 Å². The molecule has 29 heavy (non-hydrogen) atoms. The van der Waals surface area contributed by atoms with E-state index >= 15 is 0 Å². The van der Waals surface area contributed by atoms with Crippen molar-refractivity contribution in [2.45, 2.75) is 32.6 Å². The minimum absolute atomic E-state index is 0.0276. The number of anilines is 2. The summed E-state index contributed by atoms with van der Waals surface area (Å²) < 4.78 is 0. The Kier molecular flexibility index (Phi) is 5.79. The molecular formula is C21H25ClN4O2S. The van der Waals surface area contributed by atoms with Crippen LogP contribution < -0.4 is 9.80 Å². The van der Waals surface area contributed by atoms with Crippen LogP contribution in [0, 0.1) is 0 Å². The molecule has 0 aliphatic carbocycles. The molecule has 0 spiro atoms. The summed E-state index contributed by atoms with van der Waals surface area (Å²) in [4.78, 5) is 36.6. The zero-order valence-corrected chi connectivity index (χ0v) is 18.3. The highest BCUT2D eigenvalue weighted by Gasteiger charge is 2.31. The van der Waals surface area contributed by atoms with Crippen LogP contribution in [0.25, 0.3) is 0 Å². The van der Waals surface area contributed by atoms with Crippen LogP contribution in [-0.2, 0) is 4.79 Å². The molecule has 1 aromatic heterocycles. The molecule has 3 heterocycles. The van der Waals surface area contributed by atoms with Gasteiger partial charge in [0.1, 0.15) is 4.88 Å². The molecule has 0 unspecified atom stereocenters.